The number of H-pyrrole nitrogens is 2. The van der Waals surface area contributed by atoms with Crippen LogP contribution in [-0.2, 0) is 77.1 Å². The first-order chi connectivity index (χ1) is 48.8. The number of esters is 3. The Hall–Kier alpha value is -8.40. The molecule has 6 aromatic carbocycles. The number of nitrogens with zero attached hydrogens (tertiary/aromatic N) is 12. The normalized spacial score (nSPS) is 12.9. The van der Waals surface area contributed by atoms with Crippen LogP contribution in [0.1, 0.15) is 97.1 Å². The van der Waals surface area contributed by atoms with E-state index in [1.165, 1.54) is 45.4 Å². The number of aromatic hydroxyl groups is 3. The van der Waals surface area contributed by atoms with E-state index in [1.807, 2.05) is 67.6 Å². The molecule has 1 saturated carbocycles. The van der Waals surface area contributed by atoms with Gasteiger partial charge in [0.15, 0.2) is 6.73 Å². The molecule has 1 aliphatic rings. The number of ether oxygens (including phenoxy) is 4. The average Bonchev–Trinajstić information content (AvgIpc) is 1.62. The predicted octanol–water partition coefficient (Wildman–Crippen LogP) is 10.3. The zero-order valence-electron chi connectivity index (χ0n) is 57.3. The van der Waals surface area contributed by atoms with Crippen LogP contribution in [-0.4, -0.2) is 149 Å². The number of rotatable bonds is 23. The number of carbonyl (C=O) groups is 5. The van der Waals surface area contributed by atoms with Gasteiger partial charge in [-0.1, -0.05) is 107 Å². The molecule has 4 atom stereocenters. The number of hydrogen-bond donors (Lipinski definition) is 7. The molecule has 1 aliphatic carbocycles. The van der Waals surface area contributed by atoms with Gasteiger partial charge in [0.1, 0.15) is 35.4 Å². The fourth-order valence-corrected chi connectivity index (χ4v) is 11.8. The van der Waals surface area contributed by atoms with Gasteiger partial charge in [0.25, 0.3) is 5.91 Å². The van der Waals surface area contributed by atoms with Gasteiger partial charge < -0.3 is 53.7 Å². The Morgan fingerprint density at radius 1 is 0.612 bits per heavy atom. The molecule has 0 saturated heterocycles. The minimum absolute atomic E-state index is 0. The molecular weight excluding hydrogens is 1870 g/mol. The number of amides is 1. The molecular formula is C71H76Ac2IN15O14. The number of phenolic OH excluding ortho intramolecular Hbond substituents is 3. The van der Waals surface area contributed by atoms with E-state index in [0.29, 0.717) is 71.3 Å². The van der Waals surface area contributed by atoms with Crippen molar-refractivity contribution in [2.24, 2.45) is 17.8 Å². The van der Waals surface area contributed by atoms with Crippen LogP contribution in [0.25, 0.3) is 56.6 Å². The van der Waals surface area contributed by atoms with Crippen molar-refractivity contribution in [3.8, 4) is 62.8 Å². The topological polar surface area (TPSA) is 399 Å². The van der Waals surface area contributed by atoms with E-state index in [0.717, 1.165) is 61.1 Å². The van der Waals surface area contributed by atoms with E-state index in [9.17, 15) is 44.4 Å². The quantitative estimate of drug-likeness (QED) is 0.0178. The number of carbonyl (C=O) groups excluding carboxylic acids is 4. The van der Waals surface area contributed by atoms with Gasteiger partial charge in [0.05, 0.1) is 83.2 Å². The summed E-state index contributed by atoms with van der Waals surface area (Å²) in [5, 5.41) is 81.4. The largest absolute Gasteiger partial charge is 0.507 e. The van der Waals surface area contributed by atoms with Crippen molar-refractivity contribution < 1.29 is 156 Å². The van der Waals surface area contributed by atoms with Gasteiger partial charge in [-0.25, -0.2) is 9.78 Å². The molecule has 32 heteroatoms. The predicted molar refractivity (Wildman–Crippen MR) is 375 cm³/mol. The summed E-state index contributed by atoms with van der Waals surface area (Å²) in [7, 11) is 4.11. The molecule has 0 aliphatic heterocycles. The van der Waals surface area contributed by atoms with Crippen LogP contribution in [0.4, 0.5) is 0 Å². The molecule has 11 aromatic rings. The number of aromatic amines is 2. The Balaban J connectivity index is 0.000000204. The molecule has 7 N–H and O–H groups in total. The second-order valence-corrected chi connectivity index (χ2v) is 25.0. The Morgan fingerprint density at radius 3 is 1.73 bits per heavy atom. The van der Waals surface area contributed by atoms with Crippen LogP contribution in [0, 0.1) is 109 Å². The van der Waals surface area contributed by atoms with Crippen LogP contribution in [0.2, 0.25) is 0 Å². The second-order valence-electron chi connectivity index (χ2n) is 23.9. The third-order valence-corrected chi connectivity index (χ3v) is 17.3. The van der Waals surface area contributed by atoms with Crippen molar-refractivity contribution in [1.29, 1.82) is 0 Å². The van der Waals surface area contributed by atoms with Crippen molar-refractivity contribution >= 4 is 63.4 Å². The smallest absolute Gasteiger partial charge is 0.326 e. The minimum atomic E-state index is -1.13. The number of carboxylic acids is 1. The zero-order valence-corrected chi connectivity index (χ0v) is 68.9. The number of aromatic nitrogens is 14. The minimum Gasteiger partial charge on any atom is -0.507 e. The number of imidazole rings is 1. The van der Waals surface area contributed by atoms with Crippen LogP contribution < -0.4 is 5.32 Å². The van der Waals surface area contributed by atoms with Gasteiger partial charge in [0, 0.05) is 112 Å². The summed E-state index contributed by atoms with van der Waals surface area (Å²) in [6, 6.07) is 38.8. The summed E-state index contributed by atoms with van der Waals surface area (Å²) < 4.78 is 28.1. The Morgan fingerprint density at radius 2 is 1.17 bits per heavy atom. The molecule has 29 nitrogen and oxygen atoms in total. The summed E-state index contributed by atoms with van der Waals surface area (Å²) in [6.45, 7) is 5.97. The summed E-state index contributed by atoms with van der Waals surface area (Å²) in [6.07, 6.45) is 10.8. The number of nitrogens with one attached hydrogen (secondary N) is 3. The Kier molecular flexibility index (Phi) is 32.3. The number of fused-ring (bicyclic) bond motifs is 1. The van der Waals surface area contributed by atoms with Crippen LogP contribution >= 0.6 is 22.6 Å². The van der Waals surface area contributed by atoms with Crippen molar-refractivity contribution in [2.45, 2.75) is 104 Å². The number of methoxy groups -OCH3 is 3. The number of carboxylic acid groups (broad SMARTS) is 1. The fraction of sp³-hybridized carbons (Fsp3) is 0.310. The first-order valence-electron chi connectivity index (χ1n) is 32.2. The maximum Gasteiger partial charge on any atom is 0.326 e. The molecule has 12 rings (SSSR count). The van der Waals surface area contributed by atoms with Gasteiger partial charge in [-0.15, -0.1) is 35.4 Å². The van der Waals surface area contributed by atoms with E-state index < -0.39 is 17.9 Å². The van der Waals surface area contributed by atoms with Gasteiger partial charge in [-0.05, 0) is 165 Å². The van der Waals surface area contributed by atoms with Gasteiger partial charge in [-0.3, -0.25) is 19.2 Å². The molecule has 1 fully saturated rings. The number of benzene rings is 6. The number of furan rings is 1. The van der Waals surface area contributed by atoms with Crippen molar-refractivity contribution in [3.05, 3.63) is 183 Å². The zero-order chi connectivity index (χ0) is 72.0. The van der Waals surface area contributed by atoms with E-state index >= 15 is 0 Å². The molecule has 103 heavy (non-hydrogen) atoms. The van der Waals surface area contributed by atoms with Crippen molar-refractivity contribution in [2.75, 3.05) is 21.3 Å². The molecule has 0 spiro atoms. The second kappa shape index (κ2) is 40.6. The van der Waals surface area contributed by atoms with E-state index in [1.54, 1.807) is 99.2 Å². The monoisotopic (exact) mass is 1940 g/mol. The average molecular weight is 1940 g/mol. The third-order valence-electron chi connectivity index (χ3n) is 16.4. The molecule has 5 aromatic heterocycles. The molecule has 0 bridgehead atoms. The van der Waals surface area contributed by atoms with Crippen LogP contribution in [0.3, 0.4) is 0 Å². The van der Waals surface area contributed by atoms with Gasteiger partial charge >= 0.3 is 23.9 Å². The van der Waals surface area contributed by atoms with E-state index in [-0.39, 0.29) is 160 Å². The van der Waals surface area contributed by atoms with Gasteiger partial charge in [-0.2, -0.15) is 10.4 Å². The first-order valence-corrected chi connectivity index (χ1v) is 33.3. The van der Waals surface area contributed by atoms with Gasteiger partial charge in [0.2, 0.25) is 17.5 Å². The summed E-state index contributed by atoms with van der Waals surface area (Å²) >= 11 is 2.06. The first kappa shape index (κ1) is 81.9. The maximum absolute atomic E-state index is 13.2. The van der Waals surface area contributed by atoms with Crippen molar-refractivity contribution in [3.63, 3.8) is 0 Å². The standard InChI is InChI=1S/C28H27N7O4.C20H22N4O4.C12H14N4O3.C11H13IO3.2Ac/c36-27(30-23(28(37)38)14-17-5-4-6-18(13-17)25-31-33-34-32-25)19-9-10-24-22(15-19)29-26(20-11-12-39-16-20)35(24)21-7-2-1-3-8-21;1-14(20(26)27-2)10-16-8-9-18(25)17(11-16)19-21-23-24(22-19)13-28-12-15-6-4-3-5-7-15;1-7(12(18)19-2)5-8-3-4-10(17)9(6-8)11-13-15-16-14-11;1-7(11(14)15-2)5-8-3-4-10(13)9(12)6-8;;/h4-6,9-13,15-16,21,23H,1-3,7-8,14H2,(H,30,36)(H,37,38)(H,31,32,33,34);3-9,11,14,25H,10,12-13H2,1-2H3;3-4,6-7,17H,5H2,1-2H3,(H,13,14,15,16);3-4,6-7,13H,5H2,1-2H3;;/t23-;14-;2*7-;;/m0000../s1. The summed E-state index contributed by atoms with van der Waals surface area (Å²) in [5.41, 5.74) is 9.03. The molecule has 1 amide bonds. The van der Waals surface area contributed by atoms with E-state index in [4.69, 9.17) is 18.9 Å². The third kappa shape index (κ3) is 23.3. The fourth-order valence-electron chi connectivity index (χ4n) is 11.2. The van der Waals surface area contributed by atoms with Crippen molar-refractivity contribution in [1.82, 2.24) is 76.3 Å². The number of hydrogen-bond acceptors (Lipinski definition) is 23. The number of tetrazole rings is 3. The molecule has 0 unspecified atom stereocenters. The molecule has 5 heterocycles. The summed E-state index contributed by atoms with van der Waals surface area (Å²) in [5.74, 6) is -0.883. The van der Waals surface area contributed by atoms with E-state index in [2.05, 4.69) is 98.6 Å². The maximum atomic E-state index is 13.2. The van der Waals surface area contributed by atoms with Crippen LogP contribution in [0.5, 0.6) is 17.2 Å². The molecule has 532 valence electrons. The SMILES string of the molecule is COC(=O)[C@@H](C)Cc1ccc(O)c(-c2nn[nH]n2)c1.COC(=O)[C@@H](C)Cc1ccc(O)c(-c2nnn(COCc3ccccc3)n2)c1.COC(=O)[C@@H](C)Cc1ccc(O)c(I)c1.O=C(N[C@@H](Cc1cccc(-c2nn[nH]n2)c1)C(=O)O)c1ccc2c(c1)nc(-c1ccoc1)n2C1CCCCC1.[Ac].[Ac]. The van der Waals surface area contributed by atoms with Crippen LogP contribution in [0.15, 0.2) is 150 Å². The Labute approximate surface area is 677 Å². The number of phenols is 3. The summed E-state index contributed by atoms with van der Waals surface area (Å²) in [4.78, 5) is 65.7. The Bertz CT molecular complexity index is 4540. The molecule has 2 radical (unpaired) electrons. The number of aliphatic carboxylic acids is 1. The number of halogens is 1.